The molecular weight excluding hydrogens is 330 g/mol. The molecule has 1 aromatic carbocycles. The van der Waals surface area contributed by atoms with E-state index in [4.69, 9.17) is 16.3 Å². The van der Waals surface area contributed by atoms with Gasteiger partial charge in [0.2, 0.25) is 0 Å². The van der Waals surface area contributed by atoms with Crippen LogP contribution in [0.3, 0.4) is 0 Å². The maximum absolute atomic E-state index is 6.32. The summed E-state index contributed by atoms with van der Waals surface area (Å²) >= 11 is 7.95. The highest BCUT2D eigenvalue weighted by atomic mass is 35.5. The Kier molecular flexibility index (Phi) is 3.47. The molecule has 0 saturated heterocycles. The summed E-state index contributed by atoms with van der Waals surface area (Å²) in [5.41, 5.74) is 3.96. The number of methoxy groups -OCH3 is 1. The zero-order valence-electron chi connectivity index (χ0n) is 12.7. The molecule has 4 nitrogen and oxygen atoms in total. The van der Waals surface area contributed by atoms with E-state index in [1.165, 1.54) is 0 Å². The highest BCUT2D eigenvalue weighted by molar-refractivity contribution is 7.09. The smallest absolute Gasteiger partial charge is 0.157 e. The molecule has 0 radical (unpaired) electrons. The van der Waals surface area contributed by atoms with Gasteiger partial charge in [0.05, 0.1) is 19.2 Å². The van der Waals surface area contributed by atoms with E-state index < -0.39 is 0 Å². The molecule has 4 rings (SSSR count). The molecule has 0 N–H and O–H groups in total. The quantitative estimate of drug-likeness (QED) is 0.508. The van der Waals surface area contributed by atoms with Crippen LogP contribution in [-0.4, -0.2) is 21.9 Å². The van der Waals surface area contributed by atoms with E-state index in [1.807, 2.05) is 34.3 Å². The molecule has 0 aliphatic carbocycles. The Bertz CT molecular complexity index is 1000. The molecule has 3 heterocycles. The fourth-order valence-corrected chi connectivity index (χ4v) is 3.77. The second-order valence-corrected chi connectivity index (χ2v) is 6.49. The van der Waals surface area contributed by atoms with Gasteiger partial charge in [-0.2, -0.15) is 5.10 Å². The first-order valence-corrected chi connectivity index (χ1v) is 8.51. The van der Waals surface area contributed by atoms with Crippen LogP contribution >= 0.6 is 22.9 Å². The van der Waals surface area contributed by atoms with Gasteiger partial charge in [-0.1, -0.05) is 23.7 Å². The predicted octanol–water partition coefficient (Wildman–Crippen LogP) is 4.66. The summed E-state index contributed by atoms with van der Waals surface area (Å²) in [7, 11) is 1.67. The summed E-state index contributed by atoms with van der Waals surface area (Å²) in [6.45, 7) is 2.76. The third-order valence-electron chi connectivity index (χ3n) is 4.02. The number of hydrogen-bond acceptors (Lipinski definition) is 4. The molecule has 23 heavy (non-hydrogen) atoms. The Hall–Kier alpha value is -2.11. The maximum atomic E-state index is 6.32. The number of nitrogens with zero attached hydrogens (tertiary/aromatic N) is 3. The van der Waals surface area contributed by atoms with Gasteiger partial charge in [-0.05, 0) is 24.6 Å². The Morgan fingerprint density at radius 1 is 1.22 bits per heavy atom. The van der Waals surface area contributed by atoms with E-state index in [-0.39, 0.29) is 0 Å². The van der Waals surface area contributed by atoms with Gasteiger partial charge in [0.1, 0.15) is 11.3 Å². The monoisotopic (exact) mass is 343 g/mol. The van der Waals surface area contributed by atoms with Gasteiger partial charge >= 0.3 is 0 Å². The zero-order valence-corrected chi connectivity index (χ0v) is 14.3. The average Bonchev–Trinajstić information content (AvgIpc) is 3.14. The van der Waals surface area contributed by atoms with Gasteiger partial charge in [0.15, 0.2) is 5.15 Å². The van der Waals surface area contributed by atoms with Crippen molar-refractivity contribution >= 4 is 44.7 Å². The summed E-state index contributed by atoms with van der Waals surface area (Å²) in [6, 6.07) is 8.01. The van der Waals surface area contributed by atoms with E-state index >= 15 is 0 Å². The maximum Gasteiger partial charge on any atom is 0.157 e. The minimum absolute atomic E-state index is 0.461. The summed E-state index contributed by atoms with van der Waals surface area (Å²) < 4.78 is 7.18. The molecule has 0 aliphatic heterocycles. The number of rotatable bonds is 3. The van der Waals surface area contributed by atoms with Crippen LogP contribution in [0.5, 0.6) is 5.75 Å². The minimum Gasteiger partial charge on any atom is -0.497 e. The van der Waals surface area contributed by atoms with Crippen LogP contribution in [0.2, 0.25) is 5.15 Å². The van der Waals surface area contributed by atoms with E-state index in [0.29, 0.717) is 11.7 Å². The third-order valence-corrected chi connectivity index (χ3v) is 5.02. The first-order chi connectivity index (χ1) is 11.2. The van der Waals surface area contributed by atoms with Crippen LogP contribution < -0.4 is 4.74 Å². The predicted molar refractivity (Wildman–Crippen MR) is 94.8 cm³/mol. The van der Waals surface area contributed by atoms with Crippen molar-refractivity contribution in [2.75, 3.05) is 7.11 Å². The van der Waals surface area contributed by atoms with Gasteiger partial charge in [-0.3, -0.25) is 4.68 Å². The molecule has 0 atom stereocenters. The molecule has 3 aromatic heterocycles. The number of thiophene rings is 1. The SMILES string of the molecule is COc1ccc(Cn2nc3c(Cl)nc4cscc4c3c2C)cc1. The lowest BCUT2D eigenvalue weighted by Crippen LogP contribution is -2.03. The van der Waals surface area contributed by atoms with E-state index in [2.05, 4.69) is 22.4 Å². The van der Waals surface area contributed by atoms with Crippen LogP contribution in [0.1, 0.15) is 11.3 Å². The molecule has 6 heteroatoms. The van der Waals surface area contributed by atoms with Crippen molar-refractivity contribution in [1.82, 2.24) is 14.8 Å². The second kappa shape index (κ2) is 5.51. The van der Waals surface area contributed by atoms with Gasteiger partial charge in [0.25, 0.3) is 0 Å². The second-order valence-electron chi connectivity index (χ2n) is 5.39. The number of ether oxygens (including phenoxy) is 1. The number of pyridine rings is 1. The molecule has 0 amide bonds. The first-order valence-electron chi connectivity index (χ1n) is 7.19. The standard InChI is InChI=1S/C17H14ClN3OS/c1-10-15-13-8-23-9-14(13)19-17(18)16(15)20-21(10)7-11-3-5-12(22-2)6-4-11/h3-6,8-9H,7H2,1-2H3. The Morgan fingerprint density at radius 2 is 2.00 bits per heavy atom. The lowest BCUT2D eigenvalue weighted by Gasteiger charge is -2.06. The minimum atomic E-state index is 0.461. The van der Waals surface area contributed by atoms with Crippen molar-refractivity contribution in [2.45, 2.75) is 13.5 Å². The van der Waals surface area contributed by atoms with Crippen molar-refractivity contribution < 1.29 is 4.74 Å². The summed E-state index contributed by atoms with van der Waals surface area (Å²) in [5.74, 6) is 0.850. The summed E-state index contributed by atoms with van der Waals surface area (Å²) in [6.07, 6.45) is 0. The molecule has 0 fully saturated rings. The molecule has 0 unspecified atom stereocenters. The fraction of sp³-hybridized carbons (Fsp3) is 0.176. The van der Waals surface area contributed by atoms with Crippen LogP contribution in [-0.2, 0) is 6.54 Å². The van der Waals surface area contributed by atoms with Crippen molar-refractivity contribution in [1.29, 1.82) is 0 Å². The van der Waals surface area contributed by atoms with Gasteiger partial charge in [-0.25, -0.2) is 4.98 Å². The Balaban J connectivity index is 1.83. The number of halogens is 1. The third kappa shape index (κ3) is 2.36. The van der Waals surface area contributed by atoms with Crippen molar-refractivity contribution in [3.63, 3.8) is 0 Å². The highest BCUT2D eigenvalue weighted by Gasteiger charge is 2.16. The van der Waals surface area contributed by atoms with Crippen LogP contribution in [0.25, 0.3) is 21.8 Å². The number of aromatic nitrogens is 3. The number of aryl methyl sites for hydroxylation is 1. The molecule has 116 valence electrons. The summed E-state index contributed by atoms with van der Waals surface area (Å²) in [4.78, 5) is 4.43. The topological polar surface area (TPSA) is 39.9 Å². The van der Waals surface area contributed by atoms with Gasteiger partial charge in [0, 0.05) is 27.2 Å². The van der Waals surface area contributed by atoms with E-state index in [9.17, 15) is 0 Å². The number of benzene rings is 1. The lowest BCUT2D eigenvalue weighted by atomic mass is 10.2. The van der Waals surface area contributed by atoms with E-state index in [0.717, 1.165) is 38.8 Å². The molecule has 0 saturated carbocycles. The molecule has 4 aromatic rings. The van der Waals surface area contributed by atoms with E-state index in [1.54, 1.807) is 18.4 Å². The normalized spacial score (nSPS) is 11.4. The lowest BCUT2D eigenvalue weighted by molar-refractivity contribution is 0.414. The zero-order chi connectivity index (χ0) is 16.0. The fourth-order valence-electron chi connectivity index (χ4n) is 2.79. The molecule has 0 aliphatic rings. The number of fused-ring (bicyclic) bond motifs is 3. The molecular formula is C17H14ClN3OS. The summed E-state index contributed by atoms with van der Waals surface area (Å²) in [5, 5.41) is 11.5. The van der Waals surface area contributed by atoms with Crippen LogP contribution in [0, 0.1) is 6.92 Å². The average molecular weight is 344 g/mol. The van der Waals surface area contributed by atoms with Gasteiger partial charge in [-0.15, -0.1) is 11.3 Å². The van der Waals surface area contributed by atoms with Gasteiger partial charge < -0.3 is 4.74 Å². The molecule has 0 spiro atoms. The Morgan fingerprint density at radius 3 is 2.74 bits per heavy atom. The number of hydrogen-bond donors (Lipinski definition) is 0. The highest BCUT2D eigenvalue weighted by Crippen LogP contribution is 2.33. The van der Waals surface area contributed by atoms with Crippen molar-refractivity contribution in [3.8, 4) is 5.75 Å². The van der Waals surface area contributed by atoms with Crippen LogP contribution in [0.15, 0.2) is 35.0 Å². The first kappa shape index (κ1) is 14.5. The Labute approximate surface area is 142 Å². The van der Waals surface area contributed by atoms with Crippen molar-refractivity contribution in [3.05, 3.63) is 51.4 Å². The van der Waals surface area contributed by atoms with Crippen LogP contribution in [0.4, 0.5) is 0 Å². The van der Waals surface area contributed by atoms with Crippen molar-refractivity contribution in [2.24, 2.45) is 0 Å². The molecule has 0 bridgehead atoms. The largest absolute Gasteiger partial charge is 0.497 e.